The molecule has 0 N–H and O–H groups in total. The smallest absolute Gasteiger partial charge is 0.261 e. The first-order valence-electron chi connectivity index (χ1n) is 7.21. The molecule has 1 atom stereocenters. The minimum Gasteiger partial charge on any atom is -0.479 e. The van der Waals surface area contributed by atoms with Gasteiger partial charge in [0.2, 0.25) is 5.88 Å². The Morgan fingerprint density at radius 1 is 1.50 bits per heavy atom. The van der Waals surface area contributed by atoms with Gasteiger partial charge >= 0.3 is 0 Å². The molecule has 7 heteroatoms. The number of furan rings is 1. The van der Waals surface area contributed by atoms with E-state index in [1.54, 1.807) is 24.2 Å². The predicted molar refractivity (Wildman–Crippen MR) is 84.2 cm³/mol. The second kappa shape index (κ2) is 6.48. The third-order valence-corrected chi connectivity index (χ3v) is 5.00. The molecule has 0 aliphatic carbocycles. The largest absolute Gasteiger partial charge is 0.479 e. The van der Waals surface area contributed by atoms with Crippen LogP contribution in [0, 0.1) is 0 Å². The quantitative estimate of drug-likeness (QED) is 0.868. The lowest BCUT2D eigenvalue weighted by Gasteiger charge is -2.19. The predicted octanol–water partition coefficient (Wildman–Crippen LogP) is 2.34. The number of ether oxygens (including phenoxy) is 1. The summed E-state index contributed by atoms with van der Waals surface area (Å²) in [6.07, 6.45) is 4.29. The van der Waals surface area contributed by atoms with Crippen molar-refractivity contribution in [3.8, 4) is 5.88 Å². The third kappa shape index (κ3) is 2.99. The van der Waals surface area contributed by atoms with Gasteiger partial charge < -0.3 is 14.1 Å². The number of amides is 1. The highest BCUT2D eigenvalue weighted by atomic mass is 32.2. The normalized spacial score (nSPS) is 19.0. The first-order valence-corrected chi connectivity index (χ1v) is 8.26. The van der Waals surface area contributed by atoms with E-state index in [0.29, 0.717) is 23.2 Å². The highest BCUT2D eigenvalue weighted by molar-refractivity contribution is 7.99. The average Bonchev–Trinajstić information content (AvgIpc) is 3.11. The number of aromatic nitrogens is 2. The zero-order valence-electron chi connectivity index (χ0n) is 12.7. The van der Waals surface area contributed by atoms with Crippen molar-refractivity contribution in [3.63, 3.8) is 0 Å². The third-order valence-electron chi connectivity index (χ3n) is 3.71. The molecule has 6 nitrogen and oxygen atoms in total. The maximum atomic E-state index is 12.7. The fourth-order valence-electron chi connectivity index (χ4n) is 2.61. The van der Waals surface area contributed by atoms with Crippen LogP contribution in [0.4, 0.5) is 0 Å². The molecule has 0 radical (unpaired) electrons. The Kier molecular flexibility index (Phi) is 4.42. The van der Waals surface area contributed by atoms with Gasteiger partial charge in [0, 0.05) is 32.1 Å². The standard InChI is InChI=1S/C15H19N3O3S/c1-17-10-11(14(16-17)20-2)15(19)18-6-5-13(22-9-7-18)12-4-3-8-21-12/h3-4,8,10,13H,5-7,9H2,1-2H3. The number of carbonyl (C=O) groups is 1. The van der Waals surface area contributed by atoms with Gasteiger partial charge in [-0.25, -0.2) is 0 Å². The maximum absolute atomic E-state index is 12.7. The molecule has 1 amide bonds. The first-order chi connectivity index (χ1) is 10.7. The summed E-state index contributed by atoms with van der Waals surface area (Å²) in [6.45, 7) is 1.42. The van der Waals surface area contributed by atoms with Crippen LogP contribution in [0.1, 0.15) is 27.8 Å². The van der Waals surface area contributed by atoms with Gasteiger partial charge in [-0.2, -0.15) is 0 Å². The van der Waals surface area contributed by atoms with Gasteiger partial charge in [-0.1, -0.05) is 0 Å². The molecule has 118 valence electrons. The van der Waals surface area contributed by atoms with Crippen LogP contribution in [0.3, 0.4) is 0 Å². The summed E-state index contributed by atoms with van der Waals surface area (Å²) in [4.78, 5) is 14.6. The Balaban J connectivity index is 1.71. The van der Waals surface area contributed by atoms with Gasteiger partial charge in [-0.05, 0) is 18.6 Å². The number of thioether (sulfide) groups is 1. The van der Waals surface area contributed by atoms with E-state index in [1.807, 2.05) is 28.8 Å². The number of carbonyl (C=O) groups excluding carboxylic acids is 1. The van der Waals surface area contributed by atoms with Crippen molar-refractivity contribution in [1.29, 1.82) is 0 Å². The van der Waals surface area contributed by atoms with Gasteiger partial charge in [0.05, 0.1) is 18.6 Å². The van der Waals surface area contributed by atoms with Crippen molar-refractivity contribution in [2.24, 2.45) is 7.05 Å². The Morgan fingerprint density at radius 2 is 2.36 bits per heavy atom. The first kappa shape index (κ1) is 15.0. The molecule has 1 aliphatic rings. The molecule has 2 aromatic rings. The Hall–Kier alpha value is -1.89. The van der Waals surface area contributed by atoms with Crippen LogP contribution < -0.4 is 4.74 Å². The number of methoxy groups -OCH3 is 1. The summed E-state index contributed by atoms with van der Waals surface area (Å²) in [6, 6.07) is 3.91. The van der Waals surface area contributed by atoms with E-state index in [2.05, 4.69) is 5.10 Å². The van der Waals surface area contributed by atoms with Crippen molar-refractivity contribution in [2.45, 2.75) is 11.7 Å². The Morgan fingerprint density at radius 3 is 3.09 bits per heavy atom. The Bertz CT molecular complexity index is 639. The van der Waals surface area contributed by atoms with Crippen LogP contribution in [-0.4, -0.2) is 46.5 Å². The lowest BCUT2D eigenvalue weighted by Crippen LogP contribution is -2.33. The highest BCUT2D eigenvalue weighted by Gasteiger charge is 2.27. The molecule has 0 spiro atoms. The van der Waals surface area contributed by atoms with E-state index in [4.69, 9.17) is 9.15 Å². The van der Waals surface area contributed by atoms with E-state index in [0.717, 1.165) is 24.5 Å². The van der Waals surface area contributed by atoms with Crippen molar-refractivity contribution >= 4 is 17.7 Å². The topological polar surface area (TPSA) is 60.5 Å². The van der Waals surface area contributed by atoms with Gasteiger partial charge in [-0.3, -0.25) is 9.48 Å². The summed E-state index contributed by atoms with van der Waals surface area (Å²) in [7, 11) is 3.31. The fraction of sp³-hybridized carbons (Fsp3) is 0.467. The fourth-order valence-corrected chi connectivity index (χ4v) is 3.79. The van der Waals surface area contributed by atoms with E-state index in [9.17, 15) is 4.79 Å². The molecule has 1 fully saturated rings. The lowest BCUT2D eigenvalue weighted by atomic mass is 10.2. The molecule has 3 heterocycles. The molecule has 1 saturated heterocycles. The zero-order valence-corrected chi connectivity index (χ0v) is 13.5. The van der Waals surface area contributed by atoms with Crippen LogP contribution in [0.15, 0.2) is 29.0 Å². The molecule has 2 aromatic heterocycles. The minimum absolute atomic E-state index is 0.0226. The molecule has 1 aliphatic heterocycles. The number of hydrogen-bond donors (Lipinski definition) is 0. The van der Waals surface area contributed by atoms with E-state index < -0.39 is 0 Å². The molecule has 3 rings (SSSR count). The summed E-state index contributed by atoms with van der Waals surface area (Å²) >= 11 is 1.83. The minimum atomic E-state index is -0.0226. The molecule has 22 heavy (non-hydrogen) atoms. The van der Waals surface area contributed by atoms with Crippen LogP contribution in [-0.2, 0) is 7.05 Å². The summed E-state index contributed by atoms with van der Waals surface area (Å²) < 4.78 is 12.3. The zero-order chi connectivity index (χ0) is 15.5. The second-order valence-electron chi connectivity index (χ2n) is 5.18. The van der Waals surface area contributed by atoms with Crippen LogP contribution in [0.2, 0.25) is 0 Å². The van der Waals surface area contributed by atoms with Gasteiger partial charge in [0.15, 0.2) is 0 Å². The molecular weight excluding hydrogens is 302 g/mol. The highest BCUT2D eigenvalue weighted by Crippen LogP contribution is 2.35. The van der Waals surface area contributed by atoms with Gasteiger partial charge in [0.1, 0.15) is 11.3 Å². The summed E-state index contributed by atoms with van der Waals surface area (Å²) in [5, 5.41) is 4.46. The number of hydrogen-bond acceptors (Lipinski definition) is 5. The number of nitrogens with zero attached hydrogens (tertiary/aromatic N) is 3. The summed E-state index contributed by atoms with van der Waals surface area (Å²) in [5.41, 5.74) is 0.520. The lowest BCUT2D eigenvalue weighted by molar-refractivity contribution is 0.0762. The average molecular weight is 321 g/mol. The van der Waals surface area contributed by atoms with E-state index in [-0.39, 0.29) is 5.91 Å². The number of rotatable bonds is 3. The van der Waals surface area contributed by atoms with Crippen LogP contribution in [0.5, 0.6) is 5.88 Å². The van der Waals surface area contributed by atoms with Crippen molar-refractivity contribution < 1.29 is 13.9 Å². The van der Waals surface area contributed by atoms with Crippen molar-refractivity contribution in [1.82, 2.24) is 14.7 Å². The molecule has 1 unspecified atom stereocenters. The molecule has 0 saturated carbocycles. The van der Waals surface area contributed by atoms with Gasteiger partial charge in [0.25, 0.3) is 5.91 Å². The van der Waals surface area contributed by atoms with E-state index >= 15 is 0 Å². The van der Waals surface area contributed by atoms with E-state index in [1.165, 1.54) is 7.11 Å². The molecule has 0 aromatic carbocycles. The van der Waals surface area contributed by atoms with Crippen molar-refractivity contribution in [2.75, 3.05) is 26.0 Å². The molecular formula is C15H19N3O3S. The second-order valence-corrected chi connectivity index (χ2v) is 6.49. The number of aryl methyl sites for hydroxylation is 1. The SMILES string of the molecule is COc1nn(C)cc1C(=O)N1CCSC(c2ccco2)CC1. The van der Waals surface area contributed by atoms with Gasteiger partial charge in [-0.15, -0.1) is 16.9 Å². The Labute approximate surface area is 133 Å². The monoisotopic (exact) mass is 321 g/mol. The van der Waals surface area contributed by atoms with Crippen LogP contribution in [0.25, 0.3) is 0 Å². The van der Waals surface area contributed by atoms with Crippen LogP contribution >= 0.6 is 11.8 Å². The maximum Gasteiger partial charge on any atom is 0.261 e. The summed E-state index contributed by atoms with van der Waals surface area (Å²) in [5.74, 6) is 2.23. The van der Waals surface area contributed by atoms with Crippen molar-refractivity contribution in [3.05, 3.63) is 35.9 Å². The molecule has 0 bridgehead atoms.